The third-order valence-corrected chi connectivity index (χ3v) is 8.20. The van der Waals surface area contributed by atoms with E-state index < -0.39 is 12.0 Å². The van der Waals surface area contributed by atoms with E-state index >= 15 is 0 Å². The Kier molecular flexibility index (Phi) is 8.67. The number of alkyl halides is 2. The Morgan fingerprint density at radius 2 is 1.82 bits per heavy atom. The number of hydrogen-bond donors (Lipinski definition) is 2. The molecule has 212 valence electrons. The van der Waals surface area contributed by atoms with Gasteiger partial charge in [0.25, 0.3) is 0 Å². The lowest BCUT2D eigenvalue weighted by molar-refractivity contribution is -0.0731. The van der Waals surface area contributed by atoms with Crippen LogP contribution in [0, 0.1) is 17.7 Å². The van der Waals surface area contributed by atoms with Crippen LogP contribution in [0.5, 0.6) is 5.75 Å². The van der Waals surface area contributed by atoms with Crippen molar-refractivity contribution in [3.05, 3.63) is 40.1 Å². The Morgan fingerprint density at radius 1 is 1.15 bits per heavy atom. The predicted molar refractivity (Wildman–Crippen MR) is 153 cm³/mol. The summed E-state index contributed by atoms with van der Waals surface area (Å²) in [5.41, 5.74) is 4.10. The van der Waals surface area contributed by atoms with Crippen LogP contribution >= 0.6 is 11.6 Å². The first-order valence-electron chi connectivity index (χ1n) is 13.7. The molecule has 1 saturated heterocycles. The van der Waals surface area contributed by atoms with Crippen molar-refractivity contribution < 1.29 is 18.6 Å². The zero-order chi connectivity index (χ0) is 28.5. The molecule has 2 aromatic rings. The molecule has 4 rings (SSSR count). The maximum absolute atomic E-state index is 13.8. The molecule has 2 fully saturated rings. The molecule has 1 saturated carbocycles. The number of ether oxygens (including phenoxy) is 1. The van der Waals surface area contributed by atoms with Crippen LogP contribution in [-0.2, 0) is 0 Å². The fraction of sp³-hybridized carbons (Fsp3) is 0.567. The highest BCUT2D eigenvalue weighted by atomic mass is 35.5. The second-order valence-electron chi connectivity index (χ2n) is 11.5. The summed E-state index contributed by atoms with van der Waals surface area (Å²) in [6, 6.07) is 5.26. The largest absolute Gasteiger partial charge is 0.491 e. The number of anilines is 1. The quantitative estimate of drug-likeness (QED) is 0.310. The van der Waals surface area contributed by atoms with Gasteiger partial charge in [0, 0.05) is 53.8 Å². The molecule has 1 atom stereocenters. The number of aliphatic hydroxyl groups excluding tert-OH is 1. The molecule has 39 heavy (non-hydrogen) atoms. The van der Waals surface area contributed by atoms with Gasteiger partial charge in [0.15, 0.2) is 5.82 Å². The molecule has 0 amide bonds. The molecule has 2 heterocycles. The summed E-state index contributed by atoms with van der Waals surface area (Å²) in [7, 11) is 0. The van der Waals surface area contributed by atoms with Gasteiger partial charge in [-0.15, -0.1) is 0 Å². The first kappa shape index (κ1) is 29.4. The number of aliphatic hydroxyl groups is 1. The van der Waals surface area contributed by atoms with Crippen molar-refractivity contribution in [1.82, 2.24) is 9.97 Å². The van der Waals surface area contributed by atoms with E-state index in [9.17, 15) is 13.9 Å². The van der Waals surface area contributed by atoms with Gasteiger partial charge in [-0.25, -0.2) is 18.7 Å². The highest BCUT2D eigenvalue weighted by Gasteiger charge is 2.50. The molecule has 0 unspecified atom stereocenters. The van der Waals surface area contributed by atoms with E-state index in [-0.39, 0.29) is 24.9 Å². The van der Waals surface area contributed by atoms with Gasteiger partial charge in [0.05, 0.1) is 16.8 Å². The van der Waals surface area contributed by atoms with Gasteiger partial charge in [-0.1, -0.05) is 30.5 Å². The molecule has 1 aromatic carbocycles. The van der Waals surface area contributed by atoms with Gasteiger partial charge in [-0.05, 0) is 65.2 Å². The number of halogens is 3. The second kappa shape index (κ2) is 11.5. The van der Waals surface area contributed by atoms with Crippen LogP contribution in [0.4, 0.5) is 14.6 Å². The Labute approximate surface area is 235 Å². The SMILES string of the molecule is CCC[C@@H](O)COc1ccc(Cl)c(-c2nc(C(C(C)=N)=C(C)C)c(C)c(N3CC4(CCC(F)(F)CC4)C3)n2)c1. The number of aromatic nitrogens is 2. The normalized spacial score (nSPS) is 18.4. The summed E-state index contributed by atoms with van der Waals surface area (Å²) in [4.78, 5) is 12.0. The van der Waals surface area contributed by atoms with Crippen LogP contribution in [0.3, 0.4) is 0 Å². The number of rotatable bonds is 9. The van der Waals surface area contributed by atoms with Gasteiger partial charge in [0.2, 0.25) is 5.92 Å². The Bertz CT molecular complexity index is 1260. The minimum atomic E-state index is -2.56. The smallest absolute Gasteiger partial charge is 0.248 e. The summed E-state index contributed by atoms with van der Waals surface area (Å²) >= 11 is 6.64. The van der Waals surface area contributed by atoms with Crippen molar-refractivity contribution in [1.29, 1.82) is 5.41 Å². The van der Waals surface area contributed by atoms with E-state index in [0.29, 0.717) is 65.9 Å². The Morgan fingerprint density at radius 3 is 2.41 bits per heavy atom. The standard InChI is InChI=1S/C30H39ClF2N4O2/c1-6-7-21(38)15-39-22-8-9-24(31)23(14-22)27-35-26(25(18(2)3)20(5)34)19(4)28(36-27)37-16-29(17-37)10-12-30(32,33)13-11-29/h8-9,14,21,34,38H,6-7,10-13,15-17H2,1-5H3/t21-/m1/s1. The molecular weight excluding hydrogens is 522 g/mol. The minimum absolute atomic E-state index is 0.0651. The summed E-state index contributed by atoms with van der Waals surface area (Å²) in [5, 5.41) is 19.0. The maximum atomic E-state index is 13.8. The van der Waals surface area contributed by atoms with Crippen molar-refractivity contribution in [2.24, 2.45) is 5.41 Å². The highest BCUT2D eigenvalue weighted by Crippen LogP contribution is 2.50. The van der Waals surface area contributed by atoms with Gasteiger partial charge >= 0.3 is 0 Å². The summed E-state index contributed by atoms with van der Waals surface area (Å²) in [5.74, 6) is -0.869. The lowest BCUT2D eigenvalue weighted by Crippen LogP contribution is -2.59. The van der Waals surface area contributed by atoms with E-state index in [4.69, 9.17) is 31.7 Å². The Hall–Kier alpha value is -2.58. The van der Waals surface area contributed by atoms with Crippen molar-refractivity contribution in [2.75, 3.05) is 24.6 Å². The lowest BCUT2D eigenvalue weighted by Gasteiger charge is -2.54. The van der Waals surface area contributed by atoms with Crippen molar-refractivity contribution in [3.63, 3.8) is 0 Å². The second-order valence-corrected chi connectivity index (χ2v) is 11.9. The number of nitrogens with one attached hydrogen (secondary N) is 1. The fourth-order valence-electron chi connectivity index (χ4n) is 5.72. The Balaban J connectivity index is 1.73. The molecule has 2 aliphatic rings. The van der Waals surface area contributed by atoms with E-state index in [1.54, 1.807) is 25.1 Å². The first-order valence-corrected chi connectivity index (χ1v) is 14.1. The van der Waals surface area contributed by atoms with E-state index in [0.717, 1.165) is 28.9 Å². The summed E-state index contributed by atoms with van der Waals surface area (Å²) in [6.45, 7) is 11.1. The summed E-state index contributed by atoms with van der Waals surface area (Å²) in [6.07, 6.45) is 1.84. The fourth-order valence-corrected chi connectivity index (χ4v) is 5.92. The molecule has 2 N–H and O–H groups in total. The first-order chi connectivity index (χ1) is 18.3. The van der Waals surface area contributed by atoms with E-state index in [2.05, 4.69) is 4.90 Å². The average molecular weight is 561 g/mol. The number of allylic oxidation sites excluding steroid dienone is 2. The van der Waals surface area contributed by atoms with Gasteiger partial charge in [-0.3, -0.25) is 0 Å². The van der Waals surface area contributed by atoms with Gasteiger partial charge in [0.1, 0.15) is 18.2 Å². The zero-order valence-electron chi connectivity index (χ0n) is 23.5. The highest BCUT2D eigenvalue weighted by molar-refractivity contribution is 6.33. The van der Waals surface area contributed by atoms with Crippen molar-refractivity contribution >= 4 is 28.7 Å². The van der Waals surface area contributed by atoms with E-state index in [1.807, 2.05) is 27.7 Å². The van der Waals surface area contributed by atoms with Crippen LogP contribution in [0.15, 0.2) is 23.8 Å². The van der Waals surface area contributed by atoms with Crippen LogP contribution in [0.1, 0.15) is 77.5 Å². The molecule has 9 heteroatoms. The van der Waals surface area contributed by atoms with Crippen LogP contribution in [0.25, 0.3) is 17.0 Å². The van der Waals surface area contributed by atoms with Crippen LogP contribution in [-0.4, -0.2) is 52.5 Å². The topological polar surface area (TPSA) is 82.3 Å². The third-order valence-electron chi connectivity index (χ3n) is 7.87. The zero-order valence-corrected chi connectivity index (χ0v) is 24.3. The molecule has 1 aliphatic carbocycles. The maximum Gasteiger partial charge on any atom is 0.248 e. The summed E-state index contributed by atoms with van der Waals surface area (Å²) < 4.78 is 33.5. The molecule has 0 radical (unpaired) electrons. The molecule has 1 aromatic heterocycles. The molecular formula is C30H39ClF2N4O2. The molecule has 1 aliphatic heterocycles. The number of nitrogens with zero attached hydrogens (tertiary/aromatic N) is 3. The predicted octanol–water partition coefficient (Wildman–Crippen LogP) is 7.49. The molecule has 1 spiro atoms. The number of benzene rings is 1. The van der Waals surface area contributed by atoms with Gasteiger partial charge < -0.3 is 20.2 Å². The van der Waals surface area contributed by atoms with Crippen molar-refractivity contribution in [3.8, 4) is 17.1 Å². The van der Waals surface area contributed by atoms with Gasteiger partial charge in [-0.2, -0.15) is 0 Å². The minimum Gasteiger partial charge on any atom is -0.491 e. The van der Waals surface area contributed by atoms with Crippen LogP contribution in [0.2, 0.25) is 5.02 Å². The van der Waals surface area contributed by atoms with E-state index in [1.165, 1.54) is 0 Å². The van der Waals surface area contributed by atoms with Crippen LogP contribution < -0.4 is 9.64 Å². The number of hydrogen-bond acceptors (Lipinski definition) is 6. The monoisotopic (exact) mass is 560 g/mol. The van der Waals surface area contributed by atoms with Crippen molar-refractivity contribution in [2.45, 2.75) is 85.2 Å². The molecule has 6 nitrogen and oxygen atoms in total. The molecule has 0 bridgehead atoms. The lowest BCUT2D eigenvalue weighted by atomic mass is 9.67. The third kappa shape index (κ3) is 6.43. The average Bonchev–Trinajstić information content (AvgIpc) is 2.84.